The Morgan fingerprint density at radius 1 is 1.47 bits per heavy atom. The van der Waals surface area contributed by atoms with Crippen LogP contribution in [-0.2, 0) is 18.7 Å². The van der Waals surface area contributed by atoms with Crippen molar-refractivity contribution in [3.05, 3.63) is 16.4 Å². The third-order valence-corrected chi connectivity index (χ3v) is 4.42. The van der Waals surface area contributed by atoms with Crippen molar-refractivity contribution in [3.8, 4) is 0 Å². The quantitative estimate of drug-likeness (QED) is 0.832. The van der Waals surface area contributed by atoms with E-state index in [4.69, 9.17) is 16.7 Å². The number of aryl methyl sites for hydroxylation is 2. The normalized spacial score (nSPS) is 13.0. The number of hydrogen-bond donors (Lipinski definition) is 1. The fourth-order valence-corrected chi connectivity index (χ4v) is 3.06. The zero-order chi connectivity index (χ0) is 12.8. The van der Waals surface area contributed by atoms with Gasteiger partial charge in [-0.1, -0.05) is 25.4 Å². The van der Waals surface area contributed by atoms with Crippen molar-refractivity contribution in [1.29, 1.82) is 0 Å². The summed E-state index contributed by atoms with van der Waals surface area (Å²) in [6.07, 6.45) is 1.69. The number of rotatable bonds is 7. The lowest BCUT2D eigenvalue weighted by Gasteiger charge is -2.10. The second-order valence-electron chi connectivity index (χ2n) is 4.01. The zero-order valence-corrected chi connectivity index (χ0v) is 12.3. The fourth-order valence-electron chi connectivity index (χ4n) is 1.64. The van der Waals surface area contributed by atoms with Crippen LogP contribution < -0.4 is 0 Å². The Kier molecular flexibility index (Phi) is 6.38. The summed E-state index contributed by atoms with van der Waals surface area (Å²) in [4.78, 5) is 0. The molecule has 0 radical (unpaired) electrons. The predicted octanol–water partition coefficient (Wildman–Crippen LogP) is 3.12. The Morgan fingerprint density at radius 2 is 2.18 bits per heavy atom. The molecular formula is C12H21ClN2OS. The molecule has 0 fully saturated rings. The second-order valence-corrected chi connectivity index (χ2v) is 5.82. The minimum atomic E-state index is 0.245. The Labute approximate surface area is 113 Å². The first-order valence-corrected chi connectivity index (χ1v) is 7.53. The molecule has 0 spiro atoms. The summed E-state index contributed by atoms with van der Waals surface area (Å²) in [5.41, 5.74) is 2.10. The highest BCUT2D eigenvalue weighted by molar-refractivity contribution is 7.99. The van der Waals surface area contributed by atoms with Crippen molar-refractivity contribution in [1.82, 2.24) is 9.78 Å². The molecule has 98 valence electrons. The van der Waals surface area contributed by atoms with Crippen LogP contribution in [0.1, 0.15) is 38.6 Å². The molecule has 0 aliphatic carbocycles. The van der Waals surface area contributed by atoms with Crippen molar-refractivity contribution in [2.24, 2.45) is 0 Å². The largest absolute Gasteiger partial charge is 0.396 e. The molecule has 1 N–H and O–H groups in total. The first kappa shape index (κ1) is 14.9. The molecule has 1 aromatic heterocycles. The van der Waals surface area contributed by atoms with Crippen molar-refractivity contribution >= 4 is 23.4 Å². The molecular weight excluding hydrogens is 256 g/mol. The van der Waals surface area contributed by atoms with Crippen LogP contribution in [0.3, 0.4) is 0 Å². The summed E-state index contributed by atoms with van der Waals surface area (Å²) >= 11 is 8.14. The minimum absolute atomic E-state index is 0.245. The first-order chi connectivity index (χ1) is 8.13. The van der Waals surface area contributed by atoms with E-state index >= 15 is 0 Å². The van der Waals surface area contributed by atoms with Gasteiger partial charge in [-0.25, -0.2) is 0 Å². The molecule has 1 aromatic rings. The number of aromatic nitrogens is 2. The first-order valence-electron chi connectivity index (χ1n) is 6.10. The maximum Gasteiger partial charge on any atom is 0.0858 e. The molecule has 0 aliphatic rings. The van der Waals surface area contributed by atoms with Gasteiger partial charge in [-0.05, 0) is 19.8 Å². The third-order valence-electron chi connectivity index (χ3n) is 2.73. The van der Waals surface area contributed by atoms with Crippen LogP contribution in [0.25, 0.3) is 0 Å². The van der Waals surface area contributed by atoms with Gasteiger partial charge < -0.3 is 5.11 Å². The monoisotopic (exact) mass is 276 g/mol. The average Bonchev–Trinajstić information content (AvgIpc) is 2.63. The van der Waals surface area contributed by atoms with Crippen LogP contribution >= 0.6 is 23.4 Å². The molecule has 1 rings (SSSR count). The van der Waals surface area contributed by atoms with Crippen molar-refractivity contribution in [2.75, 3.05) is 6.61 Å². The molecule has 0 bridgehead atoms. The van der Waals surface area contributed by atoms with E-state index in [0.717, 1.165) is 41.5 Å². The highest BCUT2D eigenvalue weighted by atomic mass is 35.5. The molecule has 0 amide bonds. The maximum absolute atomic E-state index is 8.87. The third kappa shape index (κ3) is 3.90. The van der Waals surface area contributed by atoms with Gasteiger partial charge in [0.15, 0.2) is 0 Å². The number of aliphatic hydroxyl groups excluding tert-OH is 1. The van der Waals surface area contributed by atoms with Gasteiger partial charge in [0, 0.05) is 24.2 Å². The Balaban J connectivity index is 2.72. The standard InChI is InChI=1S/C12H21ClN2OS/c1-4-10-12(13)11(15(5-2)14-10)8-17-9(3)6-7-16/h9,16H,4-8H2,1-3H3. The van der Waals surface area contributed by atoms with Crippen molar-refractivity contribution in [3.63, 3.8) is 0 Å². The van der Waals surface area contributed by atoms with E-state index in [1.54, 1.807) is 0 Å². The van der Waals surface area contributed by atoms with Crippen LogP contribution in [0, 0.1) is 0 Å². The van der Waals surface area contributed by atoms with E-state index in [1.807, 2.05) is 16.4 Å². The van der Waals surface area contributed by atoms with E-state index in [-0.39, 0.29) is 6.61 Å². The number of halogens is 1. The van der Waals surface area contributed by atoms with Gasteiger partial charge in [-0.2, -0.15) is 16.9 Å². The van der Waals surface area contributed by atoms with E-state index in [9.17, 15) is 0 Å². The lowest BCUT2D eigenvalue weighted by molar-refractivity contribution is 0.289. The predicted molar refractivity (Wildman–Crippen MR) is 74.7 cm³/mol. The Hall–Kier alpha value is -0.190. The molecule has 1 heterocycles. The molecule has 3 nitrogen and oxygen atoms in total. The van der Waals surface area contributed by atoms with Crippen molar-refractivity contribution in [2.45, 2.75) is 51.2 Å². The van der Waals surface area contributed by atoms with Gasteiger partial charge >= 0.3 is 0 Å². The molecule has 17 heavy (non-hydrogen) atoms. The molecule has 0 saturated heterocycles. The summed E-state index contributed by atoms with van der Waals surface area (Å²) in [5.74, 6) is 0.862. The van der Waals surface area contributed by atoms with E-state index < -0.39 is 0 Å². The highest BCUT2D eigenvalue weighted by Gasteiger charge is 2.15. The SMILES string of the molecule is CCc1nn(CC)c(CSC(C)CCO)c1Cl. The second kappa shape index (κ2) is 7.29. The smallest absolute Gasteiger partial charge is 0.0858 e. The molecule has 1 unspecified atom stereocenters. The van der Waals surface area contributed by atoms with Gasteiger partial charge in [0.25, 0.3) is 0 Å². The number of hydrogen-bond acceptors (Lipinski definition) is 3. The summed E-state index contributed by atoms with van der Waals surface area (Å²) in [6, 6.07) is 0. The lowest BCUT2D eigenvalue weighted by atomic mass is 10.3. The molecule has 5 heteroatoms. The number of aliphatic hydroxyl groups is 1. The van der Waals surface area contributed by atoms with E-state index in [2.05, 4.69) is 25.9 Å². The van der Waals surface area contributed by atoms with Crippen LogP contribution in [0.15, 0.2) is 0 Å². The Bertz CT molecular complexity index is 355. The summed E-state index contributed by atoms with van der Waals surface area (Å²) in [6.45, 7) is 7.37. The lowest BCUT2D eigenvalue weighted by Crippen LogP contribution is -2.05. The molecule has 0 saturated carbocycles. The molecule has 0 aromatic carbocycles. The van der Waals surface area contributed by atoms with Gasteiger partial charge in [0.2, 0.25) is 0 Å². The topological polar surface area (TPSA) is 38.0 Å². The fraction of sp³-hybridized carbons (Fsp3) is 0.750. The van der Waals surface area contributed by atoms with Gasteiger partial charge in [0.1, 0.15) is 0 Å². The zero-order valence-electron chi connectivity index (χ0n) is 10.7. The van der Waals surface area contributed by atoms with Crippen LogP contribution in [0.5, 0.6) is 0 Å². The maximum atomic E-state index is 8.87. The van der Waals surface area contributed by atoms with Crippen LogP contribution in [0.2, 0.25) is 5.02 Å². The highest BCUT2D eigenvalue weighted by Crippen LogP contribution is 2.27. The van der Waals surface area contributed by atoms with Gasteiger partial charge in [0.05, 0.1) is 16.4 Å². The van der Waals surface area contributed by atoms with Crippen molar-refractivity contribution < 1.29 is 5.11 Å². The van der Waals surface area contributed by atoms with Crippen LogP contribution in [-0.4, -0.2) is 26.7 Å². The summed E-state index contributed by atoms with van der Waals surface area (Å²) < 4.78 is 1.99. The molecule has 0 aliphatic heterocycles. The Morgan fingerprint density at radius 3 is 2.71 bits per heavy atom. The summed E-state index contributed by atoms with van der Waals surface area (Å²) in [7, 11) is 0. The summed E-state index contributed by atoms with van der Waals surface area (Å²) in [5, 5.41) is 14.6. The average molecular weight is 277 g/mol. The van der Waals surface area contributed by atoms with Crippen LogP contribution in [0.4, 0.5) is 0 Å². The van der Waals surface area contributed by atoms with Gasteiger partial charge in [-0.3, -0.25) is 4.68 Å². The number of thioether (sulfide) groups is 1. The number of nitrogens with zero attached hydrogens (tertiary/aromatic N) is 2. The van der Waals surface area contributed by atoms with E-state index in [0.29, 0.717) is 5.25 Å². The van der Waals surface area contributed by atoms with Gasteiger partial charge in [-0.15, -0.1) is 0 Å². The molecule has 1 atom stereocenters. The van der Waals surface area contributed by atoms with E-state index in [1.165, 1.54) is 0 Å². The minimum Gasteiger partial charge on any atom is -0.396 e.